The number of amides is 2. The summed E-state index contributed by atoms with van der Waals surface area (Å²) in [6.07, 6.45) is -3.81. The van der Waals surface area contributed by atoms with Gasteiger partial charge in [-0.1, -0.05) is 65.7 Å². The number of carbonyl (C=O) groups excluding carboxylic acids is 2. The van der Waals surface area contributed by atoms with Crippen molar-refractivity contribution in [3.05, 3.63) is 99.5 Å². The monoisotopic (exact) mass is 643 g/mol. The van der Waals surface area contributed by atoms with Gasteiger partial charge in [0.05, 0.1) is 17.5 Å². The van der Waals surface area contributed by atoms with Crippen LogP contribution < -0.4 is 9.62 Å². The first kappa shape index (κ1) is 33.2. The first-order valence-electron chi connectivity index (χ1n) is 12.8. The summed E-state index contributed by atoms with van der Waals surface area (Å²) < 4.78 is 65.7. The summed E-state index contributed by atoms with van der Waals surface area (Å²) in [4.78, 5) is 28.1. The van der Waals surface area contributed by atoms with Gasteiger partial charge in [-0.2, -0.15) is 13.2 Å². The molecule has 226 valence electrons. The molecule has 0 saturated carbocycles. The third-order valence-corrected chi connectivity index (χ3v) is 8.27. The SMILES string of the molecule is CNC(=O)[C@H](Cc1ccccc1)N(Cc1ccc(Cl)cc1Cl)C(=O)CCCN(c1cccc(C(F)(F)F)c1)S(C)(=O)=O. The lowest BCUT2D eigenvalue weighted by Crippen LogP contribution is -2.49. The Balaban J connectivity index is 1.89. The van der Waals surface area contributed by atoms with E-state index in [0.29, 0.717) is 15.6 Å². The van der Waals surface area contributed by atoms with Crippen LogP contribution in [0.2, 0.25) is 10.0 Å². The average Bonchev–Trinajstić information content (AvgIpc) is 2.93. The molecule has 0 aliphatic rings. The number of nitrogens with one attached hydrogen (secondary N) is 1. The van der Waals surface area contributed by atoms with Crippen LogP contribution in [0, 0.1) is 0 Å². The molecule has 3 aromatic rings. The number of nitrogens with zero attached hydrogens (tertiary/aromatic N) is 2. The Kier molecular flexibility index (Phi) is 11.3. The molecule has 1 N–H and O–H groups in total. The molecule has 0 heterocycles. The Labute approximate surface area is 253 Å². The zero-order chi connectivity index (χ0) is 31.1. The summed E-state index contributed by atoms with van der Waals surface area (Å²) in [7, 11) is -2.53. The zero-order valence-corrected chi connectivity index (χ0v) is 25.2. The predicted octanol–water partition coefficient (Wildman–Crippen LogP) is 5.94. The number of sulfonamides is 1. The lowest BCUT2D eigenvalue weighted by Gasteiger charge is -2.32. The molecular weight excluding hydrogens is 614 g/mol. The molecule has 0 aliphatic carbocycles. The number of benzene rings is 3. The van der Waals surface area contributed by atoms with Gasteiger partial charge in [0.25, 0.3) is 0 Å². The molecule has 42 heavy (non-hydrogen) atoms. The van der Waals surface area contributed by atoms with Crippen LogP contribution in [0.1, 0.15) is 29.5 Å². The molecule has 13 heteroatoms. The van der Waals surface area contributed by atoms with Crippen LogP contribution in [0.3, 0.4) is 0 Å². The largest absolute Gasteiger partial charge is 0.416 e. The average molecular weight is 645 g/mol. The molecule has 3 rings (SSSR count). The highest BCUT2D eigenvalue weighted by atomic mass is 35.5. The number of hydrogen-bond acceptors (Lipinski definition) is 4. The Morgan fingerprint density at radius 2 is 1.67 bits per heavy atom. The van der Waals surface area contributed by atoms with Crippen molar-refractivity contribution in [2.45, 2.75) is 38.0 Å². The second-order valence-electron chi connectivity index (χ2n) is 9.56. The number of hydrogen-bond donors (Lipinski definition) is 1. The Morgan fingerprint density at radius 3 is 2.26 bits per heavy atom. The van der Waals surface area contributed by atoms with E-state index in [0.717, 1.165) is 34.3 Å². The minimum absolute atomic E-state index is 0.0290. The summed E-state index contributed by atoms with van der Waals surface area (Å²) in [5.74, 6) is -0.887. The minimum atomic E-state index is -4.66. The Morgan fingerprint density at radius 1 is 0.976 bits per heavy atom. The summed E-state index contributed by atoms with van der Waals surface area (Å²) in [5, 5.41) is 3.28. The normalized spacial score (nSPS) is 12.5. The van der Waals surface area contributed by atoms with Crippen LogP contribution >= 0.6 is 23.2 Å². The van der Waals surface area contributed by atoms with E-state index in [-0.39, 0.29) is 38.0 Å². The van der Waals surface area contributed by atoms with E-state index in [1.807, 2.05) is 30.3 Å². The van der Waals surface area contributed by atoms with Crippen LogP contribution in [0.25, 0.3) is 0 Å². The summed E-state index contributed by atoms with van der Waals surface area (Å²) in [6, 6.07) is 16.9. The maximum Gasteiger partial charge on any atom is 0.416 e. The van der Waals surface area contributed by atoms with Gasteiger partial charge in [-0.15, -0.1) is 0 Å². The highest BCUT2D eigenvalue weighted by molar-refractivity contribution is 7.92. The summed E-state index contributed by atoms with van der Waals surface area (Å²) in [6.45, 7) is -0.298. The van der Waals surface area contributed by atoms with Gasteiger partial charge >= 0.3 is 6.18 Å². The van der Waals surface area contributed by atoms with E-state index in [4.69, 9.17) is 23.2 Å². The zero-order valence-electron chi connectivity index (χ0n) is 22.9. The second-order valence-corrected chi connectivity index (χ2v) is 12.3. The van der Waals surface area contributed by atoms with Gasteiger partial charge in [0.2, 0.25) is 21.8 Å². The summed E-state index contributed by atoms with van der Waals surface area (Å²) >= 11 is 12.4. The van der Waals surface area contributed by atoms with Crippen LogP contribution in [0.5, 0.6) is 0 Å². The van der Waals surface area contributed by atoms with Crippen molar-refractivity contribution in [2.75, 3.05) is 24.2 Å². The fraction of sp³-hybridized carbons (Fsp3) is 0.310. The molecule has 0 saturated heterocycles. The van der Waals surface area contributed by atoms with Crippen molar-refractivity contribution in [1.82, 2.24) is 10.2 Å². The Hall–Kier alpha value is -3.28. The third kappa shape index (κ3) is 9.11. The van der Waals surface area contributed by atoms with E-state index >= 15 is 0 Å². The van der Waals surface area contributed by atoms with E-state index in [1.54, 1.807) is 12.1 Å². The standard InChI is InChI=1S/C29H30Cl2F3N3O4S/c1-35-28(39)26(16-20-8-4-3-5-9-20)36(19-21-13-14-23(30)18-25(21)31)27(38)12-7-15-37(42(2,40)41)24-11-6-10-22(17-24)29(32,33)34/h3-6,8-11,13-14,17-18,26H,7,12,15-16,19H2,1-2H3,(H,35,39)/t26-/m0/s1. The molecule has 0 bridgehead atoms. The van der Waals surface area contributed by atoms with Crippen molar-refractivity contribution < 1.29 is 31.2 Å². The fourth-order valence-electron chi connectivity index (χ4n) is 4.40. The van der Waals surface area contributed by atoms with Crippen molar-refractivity contribution in [2.24, 2.45) is 0 Å². The first-order chi connectivity index (χ1) is 19.7. The van der Waals surface area contributed by atoms with Gasteiger partial charge in [-0.25, -0.2) is 8.42 Å². The summed E-state index contributed by atoms with van der Waals surface area (Å²) in [5.41, 5.74) is 0.180. The smallest absolute Gasteiger partial charge is 0.357 e. The van der Waals surface area contributed by atoms with E-state index in [2.05, 4.69) is 5.32 Å². The van der Waals surface area contributed by atoms with Crippen molar-refractivity contribution in [3.8, 4) is 0 Å². The van der Waals surface area contributed by atoms with E-state index in [9.17, 15) is 31.2 Å². The van der Waals surface area contributed by atoms with Crippen LogP contribution in [0.4, 0.5) is 18.9 Å². The number of likely N-dealkylation sites (N-methyl/N-ethyl adjacent to an activating group) is 1. The number of halogens is 5. The van der Waals surface area contributed by atoms with Gasteiger partial charge in [-0.05, 0) is 47.9 Å². The van der Waals surface area contributed by atoms with Crippen LogP contribution in [-0.2, 0) is 38.8 Å². The Bertz CT molecular complexity index is 1510. The van der Waals surface area contributed by atoms with Crippen molar-refractivity contribution >= 4 is 50.7 Å². The molecule has 2 amide bonds. The van der Waals surface area contributed by atoms with Crippen LogP contribution in [0.15, 0.2) is 72.8 Å². The topological polar surface area (TPSA) is 86.8 Å². The van der Waals surface area contributed by atoms with Gasteiger partial charge in [0.1, 0.15) is 6.04 Å². The van der Waals surface area contributed by atoms with Gasteiger partial charge in [-0.3, -0.25) is 13.9 Å². The first-order valence-corrected chi connectivity index (χ1v) is 15.4. The maximum absolute atomic E-state index is 13.7. The van der Waals surface area contributed by atoms with Crippen molar-refractivity contribution in [3.63, 3.8) is 0 Å². The molecule has 0 spiro atoms. The minimum Gasteiger partial charge on any atom is -0.357 e. The van der Waals surface area contributed by atoms with E-state index < -0.39 is 39.6 Å². The quantitative estimate of drug-likeness (QED) is 0.264. The van der Waals surface area contributed by atoms with Gasteiger partial charge in [0.15, 0.2) is 0 Å². The number of carbonyl (C=O) groups is 2. The fourth-order valence-corrected chi connectivity index (χ4v) is 5.82. The highest BCUT2D eigenvalue weighted by Gasteiger charge is 2.32. The number of anilines is 1. The van der Waals surface area contributed by atoms with E-state index in [1.165, 1.54) is 24.1 Å². The van der Waals surface area contributed by atoms with Gasteiger partial charge in [0, 0.05) is 43.0 Å². The molecule has 0 aliphatic heterocycles. The molecule has 3 aromatic carbocycles. The highest BCUT2D eigenvalue weighted by Crippen LogP contribution is 2.32. The third-order valence-electron chi connectivity index (χ3n) is 6.49. The molecular formula is C29H30Cl2F3N3O4S. The molecule has 0 aromatic heterocycles. The maximum atomic E-state index is 13.7. The molecule has 0 unspecified atom stereocenters. The van der Waals surface area contributed by atoms with Gasteiger partial charge < -0.3 is 10.2 Å². The second kappa shape index (κ2) is 14.3. The predicted molar refractivity (Wildman–Crippen MR) is 158 cm³/mol. The lowest BCUT2D eigenvalue weighted by atomic mass is 10.0. The molecule has 0 radical (unpaired) electrons. The number of rotatable bonds is 12. The van der Waals surface area contributed by atoms with Crippen molar-refractivity contribution in [1.29, 1.82) is 0 Å². The molecule has 0 fully saturated rings. The molecule has 1 atom stereocenters. The van der Waals surface area contributed by atoms with Crippen LogP contribution in [-0.4, -0.2) is 51.0 Å². The lowest BCUT2D eigenvalue weighted by molar-refractivity contribution is -0.141. The number of alkyl halides is 3. The molecule has 7 nitrogen and oxygen atoms in total.